The van der Waals surface area contributed by atoms with Crippen molar-refractivity contribution in [1.82, 2.24) is 9.88 Å². The molecule has 2 fully saturated rings. The number of thiazole rings is 1. The maximum absolute atomic E-state index is 12.1. The van der Waals surface area contributed by atoms with E-state index in [9.17, 15) is 4.79 Å². The highest BCUT2D eigenvalue weighted by molar-refractivity contribution is 7.07. The van der Waals surface area contributed by atoms with Crippen molar-refractivity contribution in [2.24, 2.45) is 5.41 Å². The molecule has 2 heterocycles. The summed E-state index contributed by atoms with van der Waals surface area (Å²) in [5, 5.41) is 1.83. The Morgan fingerprint density at radius 2 is 2.00 bits per heavy atom. The molecule has 1 aliphatic heterocycles. The first-order chi connectivity index (χ1) is 9.76. The third kappa shape index (κ3) is 1.86. The van der Waals surface area contributed by atoms with Crippen LogP contribution in [0.1, 0.15) is 34.8 Å². The van der Waals surface area contributed by atoms with Crippen LogP contribution in [0, 0.1) is 5.41 Å². The minimum atomic E-state index is 0.0973. The molecule has 1 aliphatic carbocycles. The predicted octanol–water partition coefficient (Wildman–Crippen LogP) is 3.16. The number of hydrogen-bond donors (Lipinski definition) is 0. The zero-order valence-corrected chi connectivity index (χ0v) is 12.0. The first kappa shape index (κ1) is 12.1. The second-order valence-electron chi connectivity index (χ2n) is 6.05. The summed E-state index contributed by atoms with van der Waals surface area (Å²) in [5.74, 6) is 0.785. The quantitative estimate of drug-likeness (QED) is 0.848. The molecular formula is C16H16N2OS. The minimum absolute atomic E-state index is 0.0973. The highest BCUT2D eigenvalue weighted by Gasteiger charge is 2.53. The molecule has 3 nitrogen and oxygen atoms in total. The average Bonchev–Trinajstić information content (AvgIpc) is 2.90. The van der Waals surface area contributed by atoms with Crippen molar-refractivity contribution in [2.45, 2.75) is 18.8 Å². The molecule has 0 bridgehead atoms. The van der Waals surface area contributed by atoms with E-state index in [0.717, 1.165) is 13.1 Å². The molecule has 0 radical (unpaired) electrons. The van der Waals surface area contributed by atoms with E-state index >= 15 is 0 Å². The van der Waals surface area contributed by atoms with Crippen LogP contribution in [0.3, 0.4) is 0 Å². The molecule has 0 atom stereocenters. The Hall–Kier alpha value is -1.68. The van der Waals surface area contributed by atoms with E-state index < -0.39 is 0 Å². The molecule has 102 valence electrons. The van der Waals surface area contributed by atoms with Gasteiger partial charge in [-0.15, -0.1) is 11.3 Å². The molecule has 4 heteroatoms. The molecule has 2 aromatic rings. The molecule has 1 spiro atoms. The van der Waals surface area contributed by atoms with Gasteiger partial charge < -0.3 is 4.90 Å². The zero-order chi connectivity index (χ0) is 13.6. The van der Waals surface area contributed by atoms with Crippen molar-refractivity contribution >= 4 is 17.2 Å². The lowest BCUT2D eigenvalue weighted by Crippen LogP contribution is -2.63. The molecule has 1 saturated carbocycles. The van der Waals surface area contributed by atoms with Gasteiger partial charge in [0.05, 0.1) is 5.51 Å². The lowest BCUT2D eigenvalue weighted by atomic mass is 9.56. The van der Waals surface area contributed by atoms with Crippen LogP contribution in [0.2, 0.25) is 0 Å². The smallest absolute Gasteiger partial charge is 0.273 e. The highest BCUT2D eigenvalue weighted by Crippen LogP contribution is 2.56. The van der Waals surface area contributed by atoms with E-state index in [4.69, 9.17) is 0 Å². The fraction of sp³-hybridized carbons (Fsp3) is 0.375. The Kier molecular flexibility index (Phi) is 2.67. The molecule has 1 aromatic heterocycles. The van der Waals surface area contributed by atoms with Crippen LogP contribution in [-0.2, 0) is 0 Å². The van der Waals surface area contributed by atoms with Crippen molar-refractivity contribution in [3.8, 4) is 0 Å². The van der Waals surface area contributed by atoms with E-state index in [2.05, 4.69) is 35.3 Å². The molecular weight excluding hydrogens is 268 g/mol. The number of nitrogens with zero attached hydrogens (tertiary/aromatic N) is 2. The standard InChI is InChI=1S/C16H16N2OS/c19-15(14-8-20-11-17-14)18-9-16(10-18)6-13(7-16)12-4-2-1-3-5-12/h1-5,8,11,13H,6-7,9-10H2. The SMILES string of the molecule is O=C(c1cscn1)N1CC2(CC(c3ccccc3)C2)C1. The van der Waals surface area contributed by atoms with Gasteiger partial charge >= 0.3 is 0 Å². The summed E-state index contributed by atoms with van der Waals surface area (Å²) >= 11 is 1.48. The second kappa shape index (κ2) is 4.42. The van der Waals surface area contributed by atoms with Crippen molar-refractivity contribution < 1.29 is 4.79 Å². The van der Waals surface area contributed by atoms with Crippen LogP contribution in [0.25, 0.3) is 0 Å². The Bertz CT molecular complexity index is 609. The van der Waals surface area contributed by atoms with Crippen LogP contribution >= 0.6 is 11.3 Å². The van der Waals surface area contributed by atoms with Crippen LogP contribution in [-0.4, -0.2) is 28.9 Å². The summed E-state index contributed by atoms with van der Waals surface area (Å²) in [6.45, 7) is 1.82. The lowest BCUT2D eigenvalue weighted by Gasteiger charge is -2.59. The number of amides is 1. The first-order valence-corrected chi connectivity index (χ1v) is 7.92. The van der Waals surface area contributed by atoms with Gasteiger partial charge in [-0.05, 0) is 24.3 Å². The van der Waals surface area contributed by atoms with E-state index in [1.54, 1.807) is 5.51 Å². The second-order valence-corrected chi connectivity index (χ2v) is 6.77. The number of carbonyl (C=O) groups is 1. The van der Waals surface area contributed by atoms with E-state index in [1.807, 2.05) is 10.3 Å². The third-order valence-corrected chi connectivity index (χ3v) is 5.21. The van der Waals surface area contributed by atoms with Crippen LogP contribution in [0.4, 0.5) is 0 Å². The fourth-order valence-corrected chi connectivity index (χ4v) is 4.12. The van der Waals surface area contributed by atoms with E-state index in [-0.39, 0.29) is 5.91 Å². The Labute approximate surface area is 122 Å². The summed E-state index contributed by atoms with van der Waals surface area (Å²) in [7, 11) is 0. The van der Waals surface area contributed by atoms with Gasteiger partial charge in [-0.3, -0.25) is 4.79 Å². The molecule has 1 aromatic carbocycles. The zero-order valence-electron chi connectivity index (χ0n) is 11.2. The Morgan fingerprint density at radius 3 is 2.65 bits per heavy atom. The molecule has 1 amide bonds. The largest absolute Gasteiger partial charge is 0.336 e. The summed E-state index contributed by atoms with van der Waals surface area (Å²) in [6.07, 6.45) is 2.44. The molecule has 0 N–H and O–H groups in total. The monoisotopic (exact) mass is 284 g/mol. The van der Waals surface area contributed by atoms with Crippen molar-refractivity contribution in [2.75, 3.05) is 13.1 Å². The summed E-state index contributed by atoms with van der Waals surface area (Å²) in [5.41, 5.74) is 4.16. The number of hydrogen-bond acceptors (Lipinski definition) is 3. The summed E-state index contributed by atoms with van der Waals surface area (Å²) < 4.78 is 0. The maximum Gasteiger partial charge on any atom is 0.273 e. The van der Waals surface area contributed by atoms with Crippen molar-refractivity contribution in [3.63, 3.8) is 0 Å². The average molecular weight is 284 g/mol. The number of aromatic nitrogens is 1. The topological polar surface area (TPSA) is 33.2 Å². The van der Waals surface area contributed by atoms with E-state index in [1.165, 1.54) is 29.7 Å². The van der Waals surface area contributed by atoms with Gasteiger partial charge in [0.15, 0.2) is 0 Å². The third-order valence-electron chi connectivity index (χ3n) is 4.62. The van der Waals surface area contributed by atoms with E-state index in [0.29, 0.717) is 17.0 Å². The van der Waals surface area contributed by atoms with Crippen LogP contribution in [0.5, 0.6) is 0 Å². The number of carbonyl (C=O) groups excluding carboxylic acids is 1. The number of rotatable bonds is 2. The summed E-state index contributed by atoms with van der Waals surface area (Å²) in [6, 6.07) is 10.7. The molecule has 0 unspecified atom stereocenters. The van der Waals surface area contributed by atoms with Gasteiger partial charge in [-0.25, -0.2) is 4.98 Å². The van der Waals surface area contributed by atoms with Gasteiger partial charge in [0.2, 0.25) is 0 Å². The molecule has 1 saturated heterocycles. The van der Waals surface area contributed by atoms with Crippen molar-refractivity contribution in [1.29, 1.82) is 0 Å². The molecule has 20 heavy (non-hydrogen) atoms. The van der Waals surface area contributed by atoms with Crippen molar-refractivity contribution in [3.05, 3.63) is 52.5 Å². The highest BCUT2D eigenvalue weighted by atomic mass is 32.1. The molecule has 2 aliphatic rings. The summed E-state index contributed by atoms with van der Waals surface area (Å²) in [4.78, 5) is 18.2. The fourth-order valence-electron chi connectivity index (χ4n) is 3.59. The lowest BCUT2D eigenvalue weighted by molar-refractivity contribution is -0.0556. The van der Waals surface area contributed by atoms with Gasteiger partial charge in [0, 0.05) is 23.9 Å². The number of benzene rings is 1. The van der Waals surface area contributed by atoms with Gasteiger partial charge in [0.25, 0.3) is 5.91 Å². The number of likely N-dealkylation sites (tertiary alicyclic amines) is 1. The van der Waals surface area contributed by atoms with Crippen LogP contribution in [0.15, 0.2) is 41.2 Å². The normalized spacial score (nSPS) is 20.5. The minimum Gasteiger partial charge on any atom is -0.336 e. The maximum atomic E-state index is 12.1. The van der Waals surface area contributed by atoms with Crippen LogP contribution < -0.4 is 0 Å². The van der Waals surface area contributed by atoms with Gasteiger partial charge in [-0.1, -0.05) is 30.3 Å². The Balaban J connectivity index is 1.36. The van der Waals surface area contributed by atoms with Gasteiger partial charge in [-0.2, -0.15) is 0 Å². The predicted molar refractivity (Wildman–Crippen MR) is 78.9 cm³/mol. The molecule has 4 rings (SSSR count). The first-order valence-electron chi connectivity index (χ1n) is 6.98. The Morgan fingerprint density at radius 1 is 1.25 bits per heavy atom. The van der Waals surface area contributed by atoms with Gasteiger partial charge in [0.1, 0.15) is 5.69 Å².